The summed E-state index contributed by atoms with van der Waals surface area (Å²) in [5, 5.41) is 162. The molecule has 84 heavy (non-hydrogen) atoms. The van der Waals surface area contributed by atoms with Gasteiger partial charge in [-0.3, -0.25) is 0 Å². The Kier molecular flexibility index (Phi) is 23.1. The standard InChI is InChI=1S/C68H100N4O12/c73-29-13-25-45-49-33-50(62(78)57(61(49)77)37-69-41-17-5-1-6-18-41)46(26-14-30-74)52-35-54(66(82)59(64(52)80)39-71-43-21-9-3-10-22-43)48(28-16-32-76)56-36-55(67(83)60(68(56)84)40-72-44-23-11-4-12-24-44)47(27-15-31-75)53-34-51(45)63(79)58(65(53)81)38-70-42-19-7-2-8-20-42/h33-36,41-48,69-84H,1-32,37-40H2. The van der Waals surface area contributed by atoms with Crippen molar-refractivity contribution in [3.05, 3.63) is 91.0 Å². The molecule has 4 fully saturated rings. The van der Waals surface area contributed by atoms with Gasteiger partial charge in [-0.25, -0.2) is 0 Å². The average Bonchev–Trinajstić information content (AvgIpc) is 2.26. The minimum Gasteiger partial charge on any atom is -0.507 e. The van der Waals surface area contributed by atoms with Gasteiger partial charge >= 0.3 is 0 Å². The molecule has 16 N–H and O–H groups in total. The maximum Gasteiger partial charge on any atom is 0.127 e. The zero-order chi connectivity index (χ0) is 59.3. The molecule has 5 aliphatic rings. The number of hydrogen-bond acceptors (Lipinski definition) is 16. The van der Waals surface area contributed by atoms with Crippen molar-refractivity contribution in [2.24, 2.45) is 0 Å². The Morgan fingerprint density at radius 1 is 0.262 bits per heavy atom. The van der Waals surface area contributed by atoms with Crippen molar-refractivity contribution >= 4 is 0 Å². The summed E-state index contributed by atoms with van der Waals surface area (Å²) < 4.78 is 0. The number of fused-ring (bicyclic) bond motifs is 8. The lowest BCUT2D eigenvalue weighted by Gasteiger charge is -2.32. The maximum absolute atomic E-state index is 13.0. The van der Waals surface area contributed by atoms with Crippen molar-refractivity contribution in [3.63, 3.8) is 0 Å². The van der Waals surface area contributed by atoms with E-state index in [1.54, 1.807) is 24.3 Å². The van der Waals surface area contributed by atoms with Crippen LogP contribution in [0.25, 0.3) is 0 Å². The van der Waals surface area contributed by atoms with Crippen LogP contribution in [0.4, 0.5) is 0 Å². The summed E-state index contributed by atoms with van der Waals surface area (Å²) in [6.45, 7) is -0.697. The molecule has 0 radical (unpaired) electrons. The Labute approximate surface area is 497 Å². The van der Waals surface area contributed by atoms with Crippen LogP contribution in [0.3, 0.4) is 0 Å². The molecule has 4 aromatic carbocycles. The highest BCUT2D eigenvalue weighted by atomic mass is 16.3. The van der Waals surface area contributed by atoms with Crippen molar-refractivity contribution in [1.82, 2.24) is 21.3 Å². The van der Waals surface area contributed by atoms with E-state index in [-0.39, 0.29) is 196 Å². The van der Waals surface area contributed by atoms with Gasteiger partial charge in [-0.05, 0) is 127 Å². The normalized spacial score (nSPS) is 21.3. The molecule has 8 bridgehead atoms. The minimum absolute atomic E-state index is 0.0625. The molecule has 5 aliphatic carbocycles. The van der Waals surface area contributed by atoms with Crippen LogP contribution < -0.4 is 21.3 Å². The number of aliphatic hydroxyl groups excluding tert-OH is 4. The van der Waals surface area contributed by atoms with Gasteiger partial charge in [-0.1, -0.05) is 77.0 Å². The molecule has 464 valence electrons. The van der Waals surface area contributed by atoms with Crippen LogP contribution in [0.5, 0.6) is 46.0 Å². The van der Waals surface area contributed by atoms with Gasteiger partial charge in [0.1, 0.15) is 46.0 Å². The van der Waals surface area contributed by atoms with Crippen LogP contribution in [0.1, 0.15) is 270 Å². The monoisotopic (exact) mass is 1160 g/mol. The Morgan fingerprint density at radius 2 is 0.429 bits per heavy atom. The van der Waals surface area contributed by atoms with Gasteiger partial charge in [0.25, 0.3) is 0 Å². The zero-order valence-electron chi connectivity index (χ0n) is 49.8. The van der Waals surface area contributed by atoms with E-state index < -0.39 is 23.7 Å². The second-order valence-electron chi connectivity index (χ2n) is 25.5. The smallest absolute Gasteiger partial charge is 0.127 e. The molecular formula is C68H100N4O12. The lowest BCUT2D eigenvalue weighted by atomic mass is 9.74. The molecule has 9 rings (SSSR count). The van der Waals surface area contributed by atoms with Crippen molar-refractivity contribution in [2.75, 3.05) is 26.4 Å². The number of aliphatic hydroxyl groups is 4. The Morgan fingerprint density at radius 3 is 0.583 bits per heavy atom. The molecule has 16 heteroatoms. The number of aromatic hydroxyl groups is 8. The van der Waals surface area contributed by atoms with Gasteiger partial charge in [0, 0.05) is 145 Å². The van der Waals surface area contributed by atoms with Crippen molar-refractivity contribution in [1.29, 1.82) is 0 Å². The lowest BCUT2D eigenvalue weighted by molar-refractivity contribution is 0.280. The van der Waals surface area contributed by atoms with E-state index in [4.69, 9.17) is 0 Å². The highest BCUT2D eigenvalue weighted by molar-refractivity contribution is 5.68. The first kappa shape index (κ1) is 63.5. The number of benzene rings is 4. The summed E-state index contributed by atoms with van der Waals surface area (Å²) in [7, 11) is 0. The first-order valence-electron chi connectivity index (χ1n) is 32.6. The first-order valence-corrected chi connectivity index (χ1v) is 32.6. The van der Waals surface area contributed by atoms with Gasteiger partial charge in [0.2, 0.25) is 0 Å². The lowest BCUT2D eigenvalue weighted by Crippen LogP contribution is -2.31. The van der Waals surface area contributed by atoms with Gasteiger partial charge in [-0.2, -0.15) is 0 Å². The topological polar surface area (TPSA) is 291 Å². The van der Waals surface area contributed by atoms with Gasteiger partial charge in [-0.15, -0.1) is 0 Å². The van der Waals surface area contributed by atoms with E-state index in [0.717, 1.165) is 128 Å². The summed E-state index contributed by atoms with van der Waals surface area (Å²) in [6, 6.07) is 7.32. The van der Waals surface area contributed by atoms with Crippen LogP contribution in [0.2, 0.25) is 0 Å². The quantitative estimate of drug-likeness (QED) is 0.0310. The number of rotatable bonds is 24. The van der Waals surface area contributed by atoms with E-state index in [1.165, 1.54) is 0 Å². The highest BCUT2D eigenvalue weighted by Gasteiger charge is 2.38. The van der Waals surface area contributed by atoms with E-state index in [1.807, 2.05) is 0 Å². The van der Waals surface area contributed by atoms with Crippen LogP contribution in [0.15, 0.2) is 24.3 Å². The van der Waals surface area contributed by atoms with Crippen LogP contribution in [-0.4, -0.2) is 112 Å². The van der Waals surface area contributed by atoms with Gasteiger partial charge < -0.3 is 82.5 Å². The number of hydrogen-bond donors (Lipinski definition) is 16. The van der Waals surface area contributed by atoms with E-state index >= 15 is 0 Å². The average molecular weight is 1170 g/mol. The molecule has 0 heterocycles. The van der Waals surface area contributed by atoms with E-state index in [2.05, 4.69) is 21.3 Å². The predicted molar refractivity (Wildman–Crippen MR) is 327 cm³/mol. The van der Waals surface area contributed by atoms with Crippen LogP contribution >= 0.6 is 0 Å². The van der Waals surface area contributed by atoms with Crippen molar-refractivity contribution in [3.8, 4) is 46.0 Å². The Balaban J connectivity index is 1.40. The van der Waals surface area contributed by atoms with Crippen molar-refractivity contribution < 1.29 is 61.3 Å². The minimum atomic E-state index is -0.899. The SMILES string of the molecule is OCCCC1c2cc(c(O)c(CNC3CCCCC3)c2O)C(CCCO)c2cc(c(O)c(CNC3CCCCC3)c2O)C(CCCO)c2cc(c(O)c(CNC3CCCCC3)c2O)C(CCCO)c2cc1c(O)c(CNC1CCCCC1)c2O. The summed E-state index contributed by atoms with van der Waals surface area (Å²) in [6.07, 6.45) is 21.6. The molecule has 0 atom stereocenters. The van der Waals surface area contributed by atoms with Crippen molar-refractivity contribution in [2.45, 2.75) is 254 Å². The third-order valence-corrected chi connectivity index (χ3v) is 20.0. The first-order chi connectivity index (χ1) is 40.9. The van der Waals surface area contributed by atoms with Crippen LogP contribution in [0, 0.1) is 0 Å². The summed E-state index contributed by atoms with van der Waals surface area (Å²) in [4.78, 5) is 0. The Hall–Kier alpha value is -5.04. The fourth-order valence-corrected chi connectivity index (χ4v) is 15.2. The largest absolute Gasteiger partial charge is 0.507 e. The second kappa shape index (κ2) is 30.5. The fraction of sp³-hybridized carbons (Fsp3) is 0.647. The molecule has 0 saturated heterocycles. The summed E-state index contributed by atoms with van der Waals surface area (Å²) >= 11 is 0. The number of phenols is 8. The molecule has 4 aromatic rings. The highest BCUT2D eigenvalue weighted by Crippen LogP contribution is 2.56. The fourth-order valence-electron chi connectivity index (χ4n) is 15.2. The maximum atomic E-state index is 13.0. The van der Waals surface area contributed by atoms with Gasteiger partial charge in [0.05, 0.1) is 22.3 Å². The Bertz CT molecular complexity index is 2300. The summed E-state index contributed by atoms with van der Waals surface area (Å²) in [5.74, 6) is -5.34. The molecule has 4 saturated carbocycles. The van der Waals surface area contributed by atoms with Crippen LogP contribution in [-0.2, 0) is 26.2 Å². The number of nitrogens with one attached hydrogen (secondary N) is 4. The molecule has 0 spiro atoms. The summed E-state index contributed by atoms with van der Waals surface area (Å²) in [5.41, 5.74) is 3.42. The molecule has 0 unspecified atom stereocenters. The molecule has 16 nitrogen and oxygen atoms in total. The zero-order valence-corrected chi connectivity index (χ0v) is 49.8. The molecular weight excluding hydrogens is 1060 g/mol. The van der Waals surface area contributed by atoms with Gasteiger partial charge in [0.15, 0.2) is 0 Å². The number of phenolic OH excluding ortho intramolecular Hbond substituents is 8. The molecule has 0 amide bonds. The van der Waals surface area contributed by atoms with E-state index in [0.29, 0.717) is 44.5 Å². The van der Waals surface area contributed by atoms with E-state index in [9.17, 15) is 61.3 Å². The second-order valence-corrected chi connectivity index (χ2v) is 25.5. The molecule has 0 aliphatic heterocycles. The predicted octanol–water partition coefficient (Wildman–Crippen LogP) is 11.0. The molecule has 0 aromatic heterocycles. The third-order valence-electron chi connectivity index (χ3n) is 20.0. The third kappa shape index (κ3) is 14.5.